The van der Waals surface area contributed by atoms with Crippen molar-refractivity contribution in [2.45, 2.75) is 39.2 Å². The molecular weight excluding hydrogens is 262 g/mol. The van der Waals surface area contributed by atoms with Crippen molar-refractivity contribution in [2.75, 3.05) is 20.2 Å². The van der Waals surface area contributed by atoms with Crippen LogP contribution in [0.25, 0.3) is 0 Å². The number of piperidine rings is 1. The Morgan fingerprint density at radius 1 is 1.38 bits per heavy atom. The van der Waals surface area contributed by atoms with E-state index in [1.807, 2.05) is 12.1 Å². The van der Waals surface area contributed by atoms with Crippen LogP contribution in [0.3, 0.4) is 0 Å². The van der Waals surface area contributed by atoms with Crippen LogP contribution in [0.4, 0.5) is 0 Å². The minimum Gasteiger partial charge on any atom is -0.496 e. The number of ether oxygens (including phenoxy) is 1. The molecular formula is C17H27N3O. The molecule has 0 unspecified atom stereocenters. The molecule has 0 saturated carbocycles. The van der Waals surface area contributed by atoms with Gasteiger partial charge in [0, 0.05) is 6.54 Å². The standard InChI is InChI=1S/C17H27N3O/c1-3-4-13-7-9-20(10-8-13)12-14-5-6-16(21-2)15(11-14)17(18)19/h5-6,11,13H,3-4,7-10,12H2,1-2H3,(H3,18,19). The summed E-state index contributed by atoms with van der Waals surface area (Å²) in [7, 11) is 1.61. The van der Waals surface area contributed by atoms with E-state index >= 15 is 0 Å². The van der Waals surface area contributed by atoms with E-state index in [4.69, 9.17) is 15.9 Å². The van der Waals surface area contributed by atoms with Crippen LogP contribution in [0.5, 0.6) is 5.75 Å². The van der Waals surface area contributed by atoms with Crippen LogP contribution in [-0.2, 0) is 6.54 Å². The predicted octanol–water partition coefficient (Wildman–Crippen LogP) is 2.99. The van der Waals surface area contributed by atoms with Gasteiger partial charge in [0.1, 0.15) is 11.6 Å². The van der Waals surface area contributed by atoms with E-state index in [9.17, 15) is 0 Å². The molecule has 0 bridgehead atoms. The molecule has 1 aliphatic heterocycles. The maximum atomic E-state index is 7.65. The average molecular weight is 289 g/mol. The Labute approximate surface area is 127 Å². The van der Waals surface area contributed by atoms with E-state index in [2.05, 4.69) is 17.9 Å². The van der Waals surface area contributed by atoms with Crippen LogP contribution in [-0.4, -0.2) is 30.9 Å². The second kappa shape index (κ2) is 7.46. The van der Waals surface area contributed by atoms with Crippen molar-refractivity contribution in [3.8, 4) is 5.75 Å². The van der Waals surface area contributed by atoms with E-state index in [1.54, 1.807) is 7.11 Å². The Bertz CT molecular complexity index is 479. The molecule has 0 spiro atoms. The van der Waals surface area contributed by atoms with Gasteiger partial charge in [-0.25, -0.2) is 0 Å². The lowest BCUT2D eigenvalue weighted by Crippen LogP contribution is -2.33. The van der Waals surface area contributed by atoms with Gasteiger partial charge >= 0.3 is 0 Å². The van der Waals surface area contributed by atoms with Crippen LogP contribution in [0, 0.1) is 11.3 Å². The number of nitrogens with two attached hydrogens (primary N) is 1. The van der Waals surface area contributed by atoms with Gasteiger partial charge in [0.2, 0.25) is 0 Å². The number of rotatable bonds is 6. The number of nitrogen functional groups attached to an aromatic ring is 1. The Morgan fingerprint density at radius 2 is 2.10 bits per heavy atom. The van der Waals surface area contributed by atoms with Gasteiger partial charge in [0.05, 0.1) is 12.7 Å². The summed E-state index contributed by atoms with van der Waals surface area (Å²) in [4.78, 5) is 2.50. The SMILES string of the molecule is CCCC1CCN(Cc2ccc(OC)c(C(=N)N)c2)CC1. The summed E-state index contributed by atoms with van der Waals surface area (Å²) in [5.74, 6) is 1.65. The molecule has 21 heavy (non-hydrogen) atoms. The van der Waals surface area contributed by atoms with Gasteiger partial charge in [-0.05, 0) is 49.5 Å². The molecule has 0 aliphatic carbocycles. The highest BCUT2D eigenvalue weighted by Gasteiger charge is 2.19. The summed E-state index contributed by atoms with van der Waals surface area (Å²) >= 11 is 0. The molecule has 1 aromatic rings. The second-order valence-electron chi connectivity index (χ2n) is 5.96. The number of methoxy groups -OCH3 is 1. The summed E-state index contributed by atoms with van der Waals surface area (Å²) in [5.41, 5.74) is 7.53. The molecule has 1 fully saturated rings. The fourth-order valence-corrected chi connectivity index (χ4v) is 3.16. The largest absolute Gasteiger partial charge is 0.496 e. The summed E-state index contributed by atoms with van der Waals surface area (Å²) < 4.78 is 5.26. The number of benzene rings is 1. The smallest absolute Gasteiger partial charge is 0.129 e. The summed E-state index contributed by atoms with van der Waals surface area (Å²) in [6.45, 7) is 5.55. The zero-order chi connectivity index (χ0) is 15.2. The van der Waals surface area contributed by atoms with Crippen LogP contribution < -0.4 is 10.5 Å². The molecule has 1 aromatic carbocycles. The van der Waals surface area contributed by atoms with Crippen LogP contribution in [0.2, 0.25) is 0 Å². The third-order valence-electron chi connectivity index (χ3n) is 4.36. The maximum absolute atomic E-state index is 7.65. The van der Waals surface area contributed by atoms with Gasteiger partial charge in [0.15, 0.2) is 0 Å². The lowest BCUT2D eigenvalue weighted by molar-refractivity contribution is 0.172. The van der Waals surface area contributed by atoms with Crippen LogP contribution >= 0.6 is 0 Å². The van der Waals surface area contributed by atoms with Gasteiger partial charge in [-0.2, -0.15) is 0 Å². The Morgan fingerprint density at radius 3 is 2.67 bits per heavy atom. The molecule has 1 aliphatic rings. The molecule has 0 atom stereocenters. The average Bonchev–Trinajstić information content (AvgIpc) is 2.49. The Balaban J connectivity index is 1.97. The highest BCUT2D eigenvalue weighted by molar-refractivity contribution is 5.97. The van der Waals surface area contributed by atoms with Crippen LogP contribution in [0.15, 0.2) is 18.2 Å². The van der Waals surface area contributed by atoms with Crippen molar-refractivity contribution < 1.29 is 4.74 Å². The van der Waals surface area contributed by atoms with Gasteiger partial charge in [-0.1, -0.05) is 25.8 Å². The Hall–Kier alpha value is -1.55. The highest BCUT2D eigenvalue weighted by Crippen LogP contribution is 2.24. The first kappa shape index (κ1) is 15.8. The zero-order valence-corrected chi connectivity index (χ0v) is 13.2. The molecule has 116 valence electrons. The third-order valence-corrected chi connectivity index (χ3v) is 4.36. The van der Waals surface area contributed by atoms with Crippen molar-refractivity contribution in [2.24, 2.45) is 11.7 Å². The molecule has 0 radical (unpaired) electrons. The van der Waals surface area contributed by atoms with Crippen LogP contribution in [0.1, 0.15) is 43.7 Å². The molecule has 0 aromatic heterocycles. The quantitative estimate of drug-likeness (QED) is 0.625. The van der Waals surface area contributed by atoms with Crippen molar-refractivity contribution in [1.82, 2.24) is 4.90 Å². The molecule has 1 saturated heterocycles. The van der Waals surface area contributed by atoms with E-state index in [0.29, 0.717) is 11.3 Å². The normalized spacial score (nSPS) is 16.9. The molecule has 0 amide bonds. The summed E-state index contributed by atoms with van der Waals surface area (Å²) in [5, 5.41) is 7.65. The molecule has 3 N–H and O–H groups in total. The first-order valence-electron chi connectivity index (χ1n) is 7.87. The molecule has 2 rings (SSSR count). The number of likely N-dealkylation sites (tertiary alicyclic amines) is 1. The van der Waals surface area contributed by atoms with Crippen molar-refractivity contribution >= 4 is 5.84 Å². The maximum Gasteiger partial charge on any atom is 0.129 e. The number of nitrogens with one attached hydrogen (secondary N) is 1. The first-order valence-corrected chi connectivity index (χ1v) is 7.87. The number of hydrogen-bond acceptors (Lipinski definition) is 3. The van der Waals surface area contributed by atoms with Crippen molar-refractivity contribution in [1.29, 1.82) is 5.41 Å². The van der Waals surface area contributed by atoms with Gasteiger partial charge in [-0.3, -0.25) is 10.3 Å². The van der Waals surface area contributed by atoms with E-state index in [0.717, 1.165) is 12.5 Å². The van der Waals surface area contributed by atoms with E-state index in [-0.39, 0.29) is 5.84 Å². The van der Waals surface area contributed by atoms with Crippen molar-refractivity contribution in [3.63, 3.8) is 0 Å². The lowest BCUT2D eigenvalue weighted by atomic mass is 9.92. The number of hydrogen-bond donors (Lipinski definition) is 2. The third kappa shape index (κ3) is 4.21. The molecule has 1 heterocycles. The lowest BCUT2D eigenvalue weighted by Gasteiger charge is -2.32. The Kier molecular flexibility index (Phi) is 5.62. The summed E-state index contributed by atoms with van der Waals surface area (Å²) in [6, 6.07) is 5.97. The van der Waals surface area contributed by atoms with Gasteiger partial charge in [0.25, 0.3) is 0 Å². The van der Waals surface area contributed by atoms with Gasteiger partial charge < -0.3 is 10.5 Å². The van der Waals surface area contributed by atoms with E-state index < -0.39 is 0 Å². The van der Waals surface area contributed by atoms with Crippen molar-refractivity contribution in [3.05, 3.63) is 29.3 Å². The first-order chi connectivity index (χ1) is 10.1. The number of amidine groups is 1. The molecule has 4 nitrogen and oxygen atoms in total. The zero-order valence-electron chi connectivity index (χ0n) is 13.2. The minimum absolute atomic E-state index is 0.0651. The second-order valence-corrected chi connectivity index (χ2v) is 5.96. The fraction of sp³-hybridized carbons (Fsp3) is 0.588. The van der Waals surface area contributed by atoms with E-state index in [1.165, 1.54) is 44.3 Å². The molecule has 4 heteroatoms. The minimum atomic E-state index is 0.0651. The fourth-order valence-electron chi connectivity index (χ4n) is 3.16. The number of nitrogens with zero attached hydrogens (tertiary/aromatic N) is 1. The monoisotopic (exact) mass is 289 g/mol. The predicted molar refractivity (Wildman–Crippen MR) is 86.9 cm³/mol. The summed E-state index contributed by atoms with van der Waals surface area (Å²) in [6.07, 6.45) is 5.28. The van der Waals surface area contributed by atoms with Gasteiger partial charge in [-0.15, -0.1) is 0 Å². The highest BCUT2D eigenvalue weighted by atomic mass is 16.5. The topological polar surface area (TPSA) is 62.3 Å².